The van der Waals surface area contributed by atoms with Gasteiger partial charge in [0.25, 0.3) is 5.91 Å². The van der Waals surface area contributed by atoms with E-state index in [1.807, 2.05) is 30.7 Å². The van der Waals surface area contributed by atoms with E-state index in [4.69, 9.17) is 4.74 Å². The fourth-order valence-corrected chi connectivity index (χ4v) is 6.07. The van der Waals surface area contributed by atoms with E-state index in [1.54, 1.807) is 6.20 Å². The smallest absolute Gasteiger partial charge is 0.378 e. The van der Waals surface area contributed by atoms with Crippen molar-refractivity contribution in [3.05, 3.63) is 57.9 Å². The molecule has 1 aromatic carbocycles. The first-order chi connectivity index (χ1) is 19.4. The first-order valence-electron chi connectivity index (χ1n) is 13.1. The number of piperazine rings is 1. The number of morpholine rings is 1. The van der Waals surface area contributed by atoms with E-state index in [-0.39, 0.29) is 23.3 Å². The van der Waals surface area contributed by atoms with E-state index in [0.717, 1.165) is 6.20 Å². The van der Waals surface area contributed by atoms with E-state index in [1.165, 1.54) is 23.5 Å². The number of aromatic nitrogens is 2. The van der Waals surface area contributed by atoms with Gasteiger partial charge in [-0.15, -0.1) is 0 Å². The Bertz CT molecular complexity index is 1470. The van der Waals surface area contributed by atoms with Gasteiger partial charge in [0.05, 0.1) is 40.6 Å². The molecule has 2 saturated heterocycles. The summed E-state index contributed by atoms with van der Waals surface area (Å²) in [5.41, 5.74) is -2.43. The number of alkyl halides is 3. The van der Waals surface area contributed by atoms with Gasteiger partial charge in [0, 0.05) is 62.3 Å². The Labute approximate surface area is 237 Å². The van der Waals surface area contributed by atoms with E-state index >= 15 is 4.39 Å². The van der Waals surface area contributed by atoms with Crippen LogP contribution >= 0.6 is 11.3 Å². The number of pyridine rings is 1. The van der Waals surface area contributed by atoms with Crippen LogP contribution in [-0.2, 0) is 10.9 Å². The van der Waals surface area contributed by atoms with E-state index in [9.17, 15) is 22.8 Å². The predicted molar refractivity (Wildman–Crippen MR) is 149 cm³/mol. The molecule has 2 unspecified atom stereocenters. The number of nitrogens with zero attached hydrogens (tertiary/aromatic N) is 4. The van der Waals surface area contributed by atoms with Gasteiger partial charge < -0.3 is 24.8 Å². The number of likely N-dealkylation sites (N-methyl/N-ethyl adjacent to an activating group) is 1. The Hall–Kier alpha value is -3.49. The van der Waals surface area contributed by atoms with Crippen molar-refractivity contribution >= 4 is 33.8 Å². The number of hydrogen-bond donors (Lipinski definition) is 2. The molecule has 0 saturated carbocycles. The number of benzene rings is 1. The summed E-state index contributed by atoms with van der Waals surface area (Å²) in [5, 5.41) is 3.28. The molecule has 2 fully saturated rings. The Balaban J connectivity index is 1.56. The van der Waals surface area contributed by atoms with Crippen molar-refractivity contribution in [2.45, 2.75) is 32.1 Å². The van der Waals surface area contributed by atoms with Gasteiger partial charge in [-0.1, -0.05) is 11.3 Å². The van der Waals surface area contributed by atoms with Gasteiger partial charge in [-0.2, -0.15) is 13.2 Å². The Morgan fingerprint density at radius 2 is 1.80 bits per heavy atom. The molecule has 0 bridgehead atoms. The molecule has 3 aromatic rings. The number of H-pyrrole nitrogens is 1. The summed E-state index contributed by atoms with van der Waals surface area (Å²) in [4.78, 5) is 38.1. The summed E-state index contributed by atoms with van der Waals surface area (Å²) in [5.74, 6) is -1.63. The third-order valence-electron chi connectivity index (χ3n) is 7.55. The highest BCUT2D eigenvalue weighted by Crippen LogP contribution is 2.40. The lowest BCUT2D eigenvalue weighted by Crippen LogP contribution is -2.55. The lowest BCUT2D eigenvalue weighted by molar-refractivity contribution is -0.138. The van der Waals surface area contributed by atoms with Crippen LogP contribution < -0.4 is 20.7 Å². The minimum absolute atomic E-state index is 0.0960. The summed E-state index contributed by atoms with van der Waals surface area (Å²) < 4.78 is 62.2. The van der Waals surface area contributed by atoms with E-state index in [0.29, 0.717) is 61.2 Å². The topological polar surface area (TPSA) is 93.8 Å². The van der Waals surface area contributed by atoms with Crippen LogP contribution in [0.5, 0.6) is 0 Å². The zero-order valence-electron chi connectivity index (χ0n) is 22.7. The second kappa shape index (κ2) is 11.4. The number of nitrogens with one attached hydrogen (secondary N) is 2. The lowest BCUT2D eigenvalue weighted by atomic mass is 10.0. The number of carbonyl (C=O) groups is 1. The van der Waals surface area contributed by atoms with E-state index < -0.39 is 34.6 Å². The number of aromatic amines is 1. The maximum Gasteiger partial charge on any atom is 0.417 e. The maximum absolute atomic E-state index is 15.7. The molecule has 4 heterocycles. The molecular weight excluding hydrogens is 564 g/mol. The average molecular weight is 595 g/mol. The standard InChI is InChI=1S/C27H30F4N6O3S/c1-15-13-37(14-16(2)35(15)3)22-10-20(28)17(23-12-33-26(41-23)36-4-6-40-7-5-36)8-21(22)34-25(39)18-11-32-24(38)9-19(18)27(29,30)31/h8-12,15-16H,4-7,13-14H2,1-3H3,(H,32,38)(H,34,39). The second-order valence-corrected chi connectivity index (χ2v) is 11.3. The minimum Gasteiger partial charge on any atom is -0.378 e. The van der Waals surface area contributed by atoms with Crippen LogP contribution in [0.4, 0.5) is 34.1 Å². The third-order valence-corrected chi connectivity index (χ3v) is 8.64. The van der Waals surface area contributed by atoms with Gasteiger partial charge in [-0.05, 0) is 33.0 Å². The quantitative estimate of drug-likeness (QED) is 0.426. The molecular formula is C27H30F4N6O3S. The SMILES string of the molecule is CC1CN(c2cc(F)c(-c3cnc(N4CCOCC4)s3)cc2NC(=O)c2c[nH]c(=O)cc2C(F)(F)F)CC(C)N1C. The number of halogens is 4. The van der Waals surface area contributed by atoms with Gasteiger partial charge >= 0.3 is 6.18 Å². The maximum atomic E-state index is 15.7. The van der Waals surface area contributed by atoms with Crippen molar-refractivity contribution in [3.63, 3.8) is 0 Å². The second-order valence-electron chi connectivity index (χ2n) is 10.3. The first kappa shape index (κ1) is 29.0. The van der Waals surface area contributed by atoms with E-state index in [2.05, 4.69) is 20.2 Å². The van der Waals surface area contributed by atoms with Crippen LogP contribution in [-0.4, -0.2) is 79.3 Å². The molecule has 1 amide bonds. The summed E-state index contributed by atoms with van der Waals surface area (Å²) in [6, 6.07) is 3.28. The highest BCUT2D eigenvalue weighted by molar-refractivity contribution is 7.18. The highest BCUT2D eigenvalue weighted by atomic mass is 32.1. The average Bonchev–Trinajstić information content (AvgIpc) is 3.42. The van der Waals surface area contributed by atoms with Crippen LogP contribution in [0.15, 0.2) is 35.4 Å². The largest absolute Gasteiger partial charge is 0.417 e. The van der Waals surface area contributed by atoms with Crippen LogP contribution in [0.1, 0.15) is 29.8 Å². The van der Waals surface area contributed by atoms with Crippen molar-refractivity contribution < 1.29 is 27.1 Å². The summed E-state index contributed by atoms with van der Waals surface area (Å²) in [6.07, 6.45) is -2.65. The molecule has 2 aromatic heterocycles. The number of anilines is 3. The first-order valence-corrected chi connectivity index (χ1v) is 13.9. The minimum atomic E-state index is -4.93. The number of ether oxygens (including phenoxy) is 1. The molecule has 220 valence electrons. The van der Waals surface area contributed by atoms with Gasteiger partial charge in [0.15, 0.2) is 5.13 Å². The Morgan fingerprint density at radius 3 is 2.46 bits per heavy atom. The molecule has 2 atom stereocenters. The molecule has 2 aliphatic heterocycles. The zero-order chi connectivity index (χ0) is 29.5. The highest BCUT2D eigenvalue weighted by Gasteiger charge is 2.36. The fourth-order valence-electron chi connectivity index (χ4n) is 5.09. The van der Waals surface area contributed by atoms with Crippen molar-refractivity contribution in [2.75, 3.05) is 61.6 Å². The number of thiazole rings is 1. The molecule has 2 N–H and O–H groups in total. The molecule has 41 heavy (non-hydrogen) atoms. The van der Waals surface area contributed by atoms with Gasteiger partial charge in [-0.3, -0.25) is 14.5 Å². The molecule has 14 heteroatoms. The molecule has 5 rings (SSSR count). The third kappa shape index (κ3) is 6.09. The van der Waals surface area contributed by atoms with Crippen LogP contribution in [0.3, 0.4) is 0 Å². The van der Waals surface area contributed by atoms with Crippen LogP contribution in [0, 0.1) is 5.82 Å². The summed E-state index contributed by atoms with van der Waals surface area (Å²) in [7, 11) is 1.99. The normalized spacial score (nSPS) is 20.4. The number of carbonyl (C=O) groups excluding carboxylic acids is 1. The molecule has 2 aliphatic rings. The van der Waals surface area contributed by atoms with Crippen LogP contribution in [0.2, 0.25) is 0 Å². The molecule has 0 radical (unpaired) electrons. The van der Waals surface area contributed by atoms with Gasteiger partial charge in [0.1, 0.15) is 5.82 Å². The number of hydrogen-bond acceptors (Lipinski definition) is 8. The van der Waals surface area contributed by atoms with Gasteiger partial charge in [-0.25, -0.2) is 9.37 Å². The zero-order valence-corrected chi connectivity index (χ0v) is 23.5. The lowest BCUT2D eigenvalue weighted by Gasteiger charge is -2.44. The van der Waals surface area contributed by atoms with Crippen molar-refractivity contribution in [3.8, 4) is 10.4 Å². The Kier molecular flexibility index (Phi) is 8.08. The Morgan fingerprint density at radius 1 is 1.12 bits per heavy atom. The monoisotopic (exact) mass is 594 g/mol. The van der Waals surface area contributed by atoms with Crippen molar-refractivity contribution in [1.29, 1.82) is 0 Å². The molecule has 0 aliphatic carbocycles. The molecule has 9 nitrogen and oxygen atoms in total. The van der Waals surface area contributed by atoms with Crippen molar-refractivity contribution in [2.24, 2.45) is 0 Å². The number of rotatable bonds is 5. The van der Waals surface area contributed by atoms with Gasteiger partial charge in [0.2, 0.25) is 5.56 Å². The molecule has 0 spiro atoms. The van der Waals surface area contributed by atoms with Crippen molar-refractivity contribution in [1.82, 2.24) is 14.9 Å². The van der Waals surface area contributed by atoms with Crippen LogP contribution in [0.25, 0.3) is 10.4 Å². The summed E-state index contributed by atoms with van der Waals surface area (Å²) >= 11 is 1.28. The fraction of sp³-hybridized carbons (Fsp3) is 0.444. The number of amides is 1. The predicted octanol–water partition coefficient (Wildman–Crippen LogP) is 4.27. The summed E-state index contributed by atoms with van der Waals surface area (Å²) in [6.45, 7) is 7.47.